The van der Waals surface area contributed by atoms with Crippen LogP contribution in [-0.4, -0.2) is 19.3 Å². The number of nitrogens with zero attached hydrogens (tertiary/aromatic N) is 4. The normalized spacial score (nSPS) is 12.6. The molecule has 0 spiro atoms. The van der Waals surface area contributed by atoms with Crippen LogP contribution in [0.4, 0.5) is 0 Å². The SMILES string of the molecule is CCCc1nn(C)c2c1nc(CCl)n2C(C)(C)C. The van der Waals surface area contributed by atoms with Gasteiger partial charge in [0.15, 0.2) is 5.65 Å². The molecule has 4 nitrogen and oxygen atoms in total. The highest BCUT2D eigenvalue weighted by molar-refractivity contribution is 6.16. The Hall–Kier alpha value is -1.03. The number of halogens is 1. The van der Waals surface area contributed by atoms with Gasteiger partial charge in [-0.3, -0.25) is 4.68 Å². The van der Waals surface area contributed by atoms with Crippen molar-refractivity contribution in [3.8, 4) is 0 Å². The number of hydrogen-bond donors (Lipinski definition) is 0. The third-order valence-corrected chi connectivity index (χ3v) is 3.29. The molecule has 5 heteroatoms. The summed E-state index contributed by atoms with van der Waals surface area (Å²) in [7, 11) is 1.98. The van der Waals surface area contributed by atoms with Crippen LogP contribution in [0.25, 0.3) is 11.2 Å². The Balaban J connectivity index is 2.75. The second-order valence-corrected chi connectivity index (χ2v) is 5.93. The number of hydrogen-bond acceptors (Lipinski definition) is 2. The molecule has 0 aliphatic rings. The van der Waals surface area contributed by atoms with Gasteiger partial charge in [-0.25, -0.2) is 4.98 Å². The average Bonchev–Trinajstić information content (AvgIpc) is 2.77. The summed E-state index contributed by atoms with van der Waals surface area (Å²) in [6, 6.07) is 0. The zero-order chi connectivity index (χ0) is 13.5. The highest BCUT2D eigenvalue weighted by atomic mass is 35.5. The van der Waals surface area contributed by atoms with Crippen LogP contribution in [0, 0.1) is 0 Å². The van der Waals surface area contributed by atoms with Crippen molar-refractivity contribution in [1.82, 2.24) is 19.3 Å². The summed E-state index contributed by atoms with van der Waals surface area (Å²) in [6.45, 7) is 8.65. The molecule has 2 aromatic rings. The van der Waals surface area contributed by atoms with Crippen LogP contribution in [0.2, 0.25) is 0 Å². The van der Waals surface area contributed by atoms with Gasteiger partial charge >= 0.3 is 0 Å². The molecule has 0 N–H and O–H groups in total. The fourth-order valence-corrected chi connectivity index (χ4v) is 2.60. The van der Waals surface area contributed by atoms with Gasteiger partial charge in [0.2, 0.25) is 0 Å². The van der Waals surface area contributed by atoms with Crippen molar-refractivity contribution in [3.63, 3.8) is 0 Å². The van der Waals surface area contributed by atoms with Crippen LogP contribution in [-0.2, 0) is 24.9 Å². The lowest BCUT2D eigenvalue weighted by Crippen LogP contribution is -2.25. The van der Waals surface area contributed by atoms with Crippen molar-refractivity contribution in [2.24, 2.45) is 7.05 Å². The quantitative estimate of drug-likeness (QED) is 0.802. The van der Waals surface area contributed by atoms with Gasteiger partial charge in [-0.15, -0.1) is 11.6 Å². The van der Waals surface area contributed by atoms with E-state index in [1.54, 1.807) is 0 Å². The summed E-state index contributed by atoms with van der Waals surface area (Å²) in [5.41, 5.74) is 3.10. The van der Waals surface area contributed by atoms with Gasteiger partial charge in [-0.2, -0.15) is 5.10 Å². The molecule has 0 fully saturated rings. The predicted molar refractivity (Wildman–Crippen MR) is 75.0 cm³/mol. The Bertz CT molecular complexity index is 560. The maximum atomic E-state index is 6.04. The van der Waals surface area contributed by atoms with Gasteiger partial charge in [0, 0.05) is 12.6 Å². The summed E-state index contributed by atoms with van der Waals surface area (Å²) in [5, 5.41) is 4.58. The number of alkyl halides is 1. The van der Waals surface area contributed by atoms with Gasteiger partial charge in [-0.1, -0.05) is 13.3 Å². The minimum Gasteiger partial charge on any atom is -0.307 e. The summed E-state index contributed by atoms with van der Waals surface area (Å²) in [5.74, 6) is 1.35. The molecule has 18 heavy (non-hydrogen) atoms. The zero-order valence-electron chi connectivity index (χ0n) is 11.8. The van der Waals surface area contributed by atoms with E-state index >= 15 is 0 Å². The van der Waals surface area contributed by atoms with Crippen molar-refractivity contribution in [3.05, 3.63) is 11.5 Å². The third kappa shape index (κ3) is 2.03. The van der Waals surface area contributed by atoms with Gasteiger partial charge < -0.3 is 4.57 Å². The Morgan fingerprint density at radius 3 is 2.44 bits per heavy atom. The lowest BCUT2D eigenvalue weighted by atomic mass is 10.1. The van der Waals surface area contributed by atoms with Crippen LogP contribution in [0.3, 0.4) is 0 Å². The lowest BCUT2D eigenvalue weighted by molar-refractivity contribution is 0.391. The second kappa shape index (κ2) is 4.57. The first-order valence-electron chi connectivity index (χ1n) is 6.39. The largest absolute Gasteiger partial charge is 0.307 e. The van der Waals surface area contributed by atoms with Crippen LogP contribution in [0.1, 0.15) is 45.6 Å². The number of rotatable bonds is 3. The summed E-state index contributed by atoms with van der Waals surface area (Å²) in [4.78, 5) is 4.68. The molecule has 0 saturated heterocycles. The maximum Gasteiger partial charge on any atom is 0.159 e. The van der Waals surface area contributed by atoms with Gasteiger partial charge in [-0.05, 0) is 27.2 Å². The topological polar surface area (TPSA) is 35.6 Å². The summed E-state index contributed by atoms with van der Waals surface area (Å²) in [6.07, 6.45) is 2.03. The number of imidazole rings is 1. The number of aryl methyl sites for hydroxylation is 2. The molecule has 0 saturated carbocycles. The van der Waals surface area contributed by atoms with Crippen molar-refractivity contribution < 1.29 is 0 Å². The Morgan fingerprint density at radius 2 is 1.94 bits per heavy atom. The molecule has 2 heterocycles. The molecule has 0 unspecified atom stereocenters. The molecule has 2 rings (SSSR count). The standard InChI is InChI=1S/C13H21ClN4/c1-6-7-9-11-12(17(5)16-9)18(13(2,3)4)10(8-14)15-11/h6-8H2,1-5H3. The molecule has 100 valence electrons. The van der Waals surface area contributed by atoms with E-state index in [2.05, 4.69) is 42.3 Å². The third-order valence-electron chi connectivity index (χ3n) is 3.05. The van der Waals surface area contributed by atoms with Crippen LogP contribution in [0.5, 0.6) is 0 Å². The molecular weight excluding hydrogens is 248 g/mol. The first kappa shape index (κ1) is 13.4. The Morgan fingerprint density at radius 1 is 1.28 bits per heavy atom. The molecular formula is C13H21ClN4. The highest BCUT2D eigenvalue weighted by Crippen LogP contribution is 2.28. The second-order valence-electron chi connectivity index (χ2n) is 5.66. The molecule has 2 aromatic heterocycles. The van der Waals surface area contributed by atoms with E-state index in [1.165, 1.54) is 0 Å². The van der Waals surface area contributed by atoms with Crippen molar-refractivity contribution in [2.75, 3.05) is 0 Å². The molecule has 0 aliphatic heterocycles. The van der Waals surface area contributed by atoms with E-state index in [0.717, 1.165) is 35.5 Å². The summed E-state index contributed by atoms with van der Waals surface area (Å²) >= 11 is 6.04. The minimum absolute atomic E-state index is 0.0454. The fraction of sp³-hybridized carbons (Fsp3) is 0.692. The van der Waals surface area contributed by atoms with E-state index in [-0.39, 0.29) is 5.54 Å². The molecule has 0 atom stereocenters. The minimum atomic E-state index is -0.0454. The first-order valence-corrected chi connectivity index (χ1v) is 6.93. The zero-order valence-corrected chi connectivity index (χ0v) is 12.5. The Labute approximate surface area is 113 Å². The number of aromatic nitrogens is 4. The van der Waals surface area contributed by atoms with Crippen LogP contribution >= 0.6 is 11.6 Å². The summed E-state index contributed by atoms with van der Waals surface area (Å²) < 4.78 is 4.12. The van der Waals surface area contributed by atoms with E-state index < -0.39 is 0 Å². The van der Waals surface area contributed by atoms with E-state index in [4.69, 9.17) is 11.6 Å². The average molecular weight is 269 g/mol. The maximum absolute atomic E-state index is 6.04. The van der Waals surface area contributed by atoms with Crippen LogP contribution in [0.15, 0.2) is 0 Å². The highest BCUT2D eigenvalue weighted by Gasteiger charge is 2.25. The van der Waals surface area contributed by atoms with E-state index in [0.29, 0.717) is 5.88 Å². The number of fused-ring (bicyclic) bond motifs is 1. The van der Waals surface area contributed by atoms with E-state index in [1.807, 2.05) is 11.7 Å². The lowest BCUT2D eigenvalue weighted by Gasteiger charge is -2.23. The Kier molecular flexibility index (Phi) is 3.41. The molecule has 0 amide bonds. The van der Waals surface area contributed by atoms with E-state index in [9.17, 15) is 0 Å². The van der Waals surface area contributed by atoms with Gasteiger partial charge in [0.05, 0.1) is 11.6 Å². The van der Waals surface area contributed by atoms with Crippen molar-refractivity contribution >= 4 is 22.8 Å². The first-order chi connectivity index (χ1) is 8.40. The van der Waals surface area contributed by atoms with Crippen LogP contribution < -0.4 is 0 Å². The smallest absolute Gasteiger partial charge is 0.159 e. The monoisotopic (exact) mass is 268 g/mol. The van der Waals surface area contributed by atoms with Crippen molar-refractivity contribution in [2.45, 2.75) is 52.0 Å². The molecule has 0 aliphatic carbocycles. The molecule has 0 bridgehead atoms. The fourth-order valence-electron chi connectivity index (χ4n) is 2.42. The predicted octanol–water partition coefficient (Wildman–Crippen LogP) is 3.22. The van der Waals surface area contributed by atoms with Gasteiger partial charge in [0.1, 0.15) is 11.3 Å². The van der Waals surface area contributed by atoms with Gasteiger partial charge in [0.25, 0.3) is 0 Å². The molecule has 0 aromatic carbocycles. The van der Waals surface area contributed by atoms with Crippen molar-refractivity contribution in [1.29, 1.82) is 0 Å². The molecule has 0 radical (unpaired) electrons.